The molecule has 4 nitrogen and oxygen atoms in total. The van der Waals surface area contributed by atoms with Crippen molar-refractivity contribution in [3.63, 3.8) is 0 Å². The second-order valence-corrected chi connectivity index (χ2v) is 6.80. The maximum absolute atomic E-state index is 12.0. The Morgan fingerprint density at radius 2 is 2.18 bits per heavy atom. The van der Waals surface area contributed by atoms with Gasteiger partial charge in [0.1, 0.15) is 5.78 Å². The molecule has 1 saturated carbocycles. The highest BCUT2D eigenvalue weighted by atomic mass is 35.5. The molecule has 0 unspecified atom stereocenters. The van der Waals surface area contributed by atoms with Gasteiger partial charge in [-0.1, -0.05) is 29.3 Å². The van der Waals surface area contributed by atoms with Crippen LogP contribution in [-0.2, 0) is 14.9 Å². The van der Waals surface area contributed by atoms with Crippen molar-refractivity contribution < 1.29 is 14.3 Å². The molecule has 1 saturated heterocycles. The van der Waals surface area contributed by atoms with E-state index in [9.17, 15) is 9.59 Å². The van der Waals surface area contributed by atoms with Crippen LogP contribution >= 0.6 is 23.2 Å². The smallest absolute Gasteiger partial charge is 0.409 e. The molecule has 1 aliphatic carbocycles. The number of carbonyl (C=O) groups excluding carboxylic acids is 2. The molecule has 1 amide bonds. The third-order valence-electron chi connectivity index (χ3n) is 4.70. The Morgan fingerprint density at radius 1 is 1.41 bits per heavy atom. The van der Waals surface area contributed by atoms with E-state index in [4.69, 9.17) is 27.9 Å². The van der Waals surface area contributed by atoms with Crippen LogP contribution in [-0.4, -0.2) is 36.5 Å². The van der Waals surface area contributed by atoms with Crippen molar-refractivity contribution >= 4 is 35.1 Å². The van der Waals surface area contributed by atoms with Gasteiger partial charge in [0.25, 0.3) is 0 Å². The number of hydrogen-bond acceptors (Lipinski definition) is 3. The molecule has 6 heteroatoms. The molecule has 2 aliphatic rings. The standard InChI is InChI=1S/C16H17Cl2NO3/c1-2-22-15(21)19-8-11-5-12(20)7-16(11,9-19)10-3-4-13(17)14(18)6-10/h3-4,6,11H,2,5,7-9H2,1H3/t11-,16+/m1/s1. The maximum Gasteiger partial charge on any atom is 0.409 e. The molecule has 1 aromatic rings. The number of ether oxygens (including phenoxy) is 1. The molecule has 22 heavy (non-hydrogen) atoms. The van der Waals surface area contributed by atoms with Gasteiger partial charge in [-0.2, -0.15) is 0 Å². The van der Waals surface area contributed by atoms with E-state index >= 15 is 0 Å². The molecule has 2 fully saturated rings. The van der Waals surface area contributed by atoms with Crippen LogP contribution in [0, 0.1) is 5.92 Å². The van der Waals surface area contributed by atoms with Crippen molar-refractivity contribution in [2.45, 2.75) is 25.2 Å². The molecule has 1 aromatic carbocycles. The number of ketones is 1. The maximum atomic E-state index is 12.0. The van der Waals surface area contributed by atoms with Crippen LogP contribution in [0.4, 0.5) is 4.79 Å². The second kappa shape index (κ2) is 5.74. The summed E-state index contributed by atoms with van der Waals surface area (Å²) in [5.74, 6) is 0.348. The summed E-state index contributed by atoms with van der Waals surface area (Å²) < 4.78 is 5.10. The normalized spacial score (nSPS) is 27.1. The number of likely N-dealkylation sites (tertiary alicyclic amines) is 1. The van der Waals surface area contributed by atoms with Gasteiger partial charge >= 0.3 is 6.09 Å². The van der Waals surface area contributed by atoms with Crippen LogP contribution in [0.5, 0.6) is 0 Å². The van der Waals surface area contributed by atoms with Gasteiger partial charge in [0, 0.05) is 31.3 Å². The molecule has 1 aliphatic heterocycles. The lowest BCUT2D eigenvalue weighted by molar-refractivity contribution is -0.118. The Hall–Kier alpha value is -1.26. The lowest BCUT2D eigenvalue weighted by Crippen LogP contribution is -2.35. The first-order valence-corrected chi connectivity index (χ1v) is 8.11. The molecular formula is C16H17Cl2NO3. The number of halogens is 2. The summed E-state index contributed by atoms with van der Waals surface area (Å²) in [5.41, 5.74) is 0.613. The molecule has 118 valence electrons. The third-order valence-corrected chi connectivity index (χ3v) is 5.44. The molecule has 0 bridgehead atoms. The first-order valence-electron chi connectivity index (χ1n) is 7.35. The van der Waals surface area contributed by atoms with Crippen LogP contribution in [0.15, 0.2) is 18.2 Å². The number of carbonyl (C=O) groups is 2. The summed E-state index contributed by atoms with van der Waals surface area (Å²) >= 11 is 12.1. The van der Waals surface area contributed by atoms with Gasteiger partial charge < -0.3 is 9.64 Å². The minimum atomic E-state index is -0.363. The largest absolute Gasteiger partial charge is 0.450 e. The van der Waals surface area contributed by atoms with E-state index < -0.39 is 0 Å². The topological polar surface area (TPSA) is 46.6 Å². The van der Waals surface area contributed by atoms with E-state index in [2.05, 4.69) is 0 Å². The number of fused-ring (bicyclic) bond motifs is 1. The highest BCUT2D eigenvalue weighted by molar-refractivity contribution is 6.42. The van der Waals surface area contributed by atoms with Crippen molar-refractivity contribution in [2.75, 3.05) is 19.7 Å². The quantitative estimate of drug-likeness (QED) is 0.824. The summed E-state index contributed by atoms with van der Waals surface area (Å²) in [5, 5.41) is 0.962. The molecular weight excluding hydrogens is 325 g/mol. The minimum Gasteiger partial charge on any atom is -0.450 e. The zero-order valence-corrected chi connectivity index (χ0v) is 13.8. The van der Waals surface area contributed by atoms with E-state index in [0.717, 1.165) is 5.56 Å². The van der Waals surface area contributed by atoms with Gasteiger partial charge in [-0.3, -0.25) is 4.79 Å². The Balaban J connectivity index is 1.95. The van der Waals surface area contributed by atoms with Crippen molar-refractivity contribution in [2.24, 2.45) is 5.92 Å². The molecule has 0 spiro atoms. The Kier molecular flexibility index (Phi) is 4.08. The molecule has 3 rings (SSSR count). The number of benzene rings is 1. The van der Waals surface area contributed by atoms with Crippen LogP contribution in [0.1, 0.15) is 25.3 Å². The first kappa shape index (κ1) is 15.6. The fraction of sp³-hybridized carbons (Fsp3) is 0.500. The summed E-state index contributed by atoms with van der Waals surface area (Å²) in [6.07, 6.45) is 0.616. The van der Waals surface area contributed by atoms with E-state index in [0.29, 0.717) is 42.6 Å². The zero-order valence-electron chi connectivity index (χ0n) is 12.3. The fourth-order valence-corrected chi connectivity index (χ4v) is 4.02. The molecule has 0 N–H and O–H groups in total. The Morgan fingerprint density at radius 3 is 2.86 bits per heavy atom. The zero-order chi connectivity index (χ0) is 15.9. The van der Waals surface area contributed by atoms with Crippen molar-refractivity contribution in [3.8, 4) is 0 Å². The summed E-state index contributed by atoms with van der Waals surface area (Å²) in [7, 11) is 0. The summed E-state index contributed by atoms with van der Waals surface area (Å²) in [6, 6.07) is 5.49. The minimum absolute atomic E-state index is 0.113. The van der Waals surface area contributed by atoms with Gasteiger partial charge in [0.05, 0.1) is 16.7 Å². The molecule has 0 aromatic heterocycles. The summed E-state index contributed by atoms with van der Waals surface area (Å²) in [6.45, 7) is 3.16. The highest BCUT2D eigenvalue weighted by Gasteiger charge is 2.55. The number of Topliss-reactive ketones (excluding diaryl/α,β-unsaturated/α-hetero) is 1. The molecule has 0 radical (unpaired) electrons. The Bertz CT molecular complexity index is 634. The van der Waals surface area contributed by atoms with E-state index in [1.807, 2.05) is 12.1 Å². The number of hydrogen-bond donors (Lipinski definition) is 0. The van der Waals surface area contributed by atoms with Crippen LogP contribution in [0.25, 0.3) is 0 Å². The predicted octanol–water partition coefficient (Wildman–Crippen LogP) is 3.68. The van der Waals surface area contributed by atoms with E-state index in [1.54, 1.807) is 17.9 Å². The number of amides is 1. The van der Waals surface area contributed by atoms with Crippen molar-refractivity contribution in [1.29, 1.82) is 0 Å². The van der Waals surface area contributed by atoms with E-state index in [-0.39, 0.29) is 23.2 Å². The van der Waals surface area contributed by atoms with Gasteiger partial charge in [-0.05, 0) is 30.5 Å². The first-order chi connectivity index (χ1) is 10.5. The molecule has 2 atom stereocenters. The SMILES string of the molecule is CCOC(=O)N1C[C@H]2CC(=O)C[C@@]2(c2ccc(Cl)c(Cl)c2)C1. The average Bonchev–Trinajstić information content (AvgIpc) is 2.95. The van der Waals surface area contributed by atoms with Crippen LogP contribution in [0.2, 0.25) is 10.0 Å². The lowest BCUT2D eigenvalue weighted by atomic mass is 9.74. The average molecular weight is 342 g/mol. The number of nitrogens with zero attached hydrogens (tertiary/aromatic N) is 1. The van der Waals surface area contributed by atoms with Gasteiger partial charge in [-0.15, -0.1) is 0 Å². The summed E-state index contributed by atoms with van der Waals surface area (Å²) in [4.78, 5) is 25.7. The van der Waals surface area contributed by atoms with Crippen molar-refractivity contribution in [3.05, 3.63) is 33.8 Å². The van der Waals surface area contributed by atoms with E-state index in [1.165, 1.54) is 0 Å². The predicted molar refractivity (Wildman–Crippen MR) is 84.5 cm³/mol. The van der Waals surface area contributed by atoms with Crippen molar-refractivity contribution in [1.82, 2.24) is 4.90 Å². The third kappa shape index (κ3) is 2.48. The van der Waals surface area contributed by atoms with Crippen LogP contribution < -0.4 is 0 Å². The highest BCUT2D eigenvalue weighted by Crippen LogP contribution is 2.50. The monoisotopic (exact) mass is 341 g/mol. The second-order valence-electron chi connectivity index (χ2n) is 5.98. The van der Waals surface area contributed by atoms with Crippen LogP contribution in [0.3, 0.4) is 0 Å². The molecule has 1 heterocycles. The van der Waals surface area contributed by atoms with Gasteiger partial charge in [0.15, 0.2) is 0 Å². The Labute approximate surface area is 139 Å². The van der Waals surface area contributed by atoms with Gasteiger partial charge in [-0.25, -0.2) is 4.79 Å². The number of rotatable bonds is 2. The van der Waals surface area contributed by atoms with Gasteiger partial charge in [0.2, 0.25) is 0 Å². The lowest BCUT2D eigenvalue weighted by Gasteiger charge is -2.28. The fourth-order valence-electron chi connectivity index (χ4n) is 3.72.